The Morgan fingerprint density at radius 3 is 2.79 bits per heavy atom. The van der Waals surface area contributed by atoms with Crippen LogP contribution in [0.2, 0.25) is 0 Å². The van der Waals surface area contributed by atoms with E-state index in [4.69, 9.17) is 0 Å². The van der Waals surface area contributed by atoms with E-state index in [9.17, 15) is 4.79 Å². The Morgan fingerprint density at radius 1 is 1.53 bits per heavy atom. The quantitative estimate of drug-likeness (QED) is 0.891. The van der Waals surface area contributed by atoms with Crippen LogP contribution < -0.4 is 10.6 Å². The molecule has 5 nitrogen and oxygen atoms in total. The minimum Gasteiger partial charge on any atom is -0.309 e. The number of amides is 1. The zero-order valence-corrected chi connectivity index (χ0v) is 12.6. The molecule has 0 radical (unpaired) electrons. The van der Waals surface area contributed by atoms with Gasteiger partial charge in [0.1, 0.15) is 5.82 Å². The van der Waals surface area contributed by atoms with E-state index in [0.29, 0.717) is 0 Å². The van der Waals surface area contributed by atoms with Gasteiger partial charge in [0.15, 0.2) is 0 Å². The smallest absolute Gasteiger partial charge is 0.242 e. The topological polar surface area (TPSA) is 59.0 Å². The van der Waals surface area contributed by atoms with Gasteiger partial charge in [-0.2, -0.15) is 5.10 Å². The molecular weight excluding hydrogens is 264 g/mol. The third kappa shape index (κ3) is 3.48. The molecule has 1 fully saturated rings. The molecule has 1 saturated heterocycles. The number of halogens is 1. The highest BCUT2D eigenvalue weighted by molar-refractivity contribution is 5.94. The number of hydrogen-bond acceptors (Lipinski definition) is 3. The predicted octanol–water partition coefficient (Wildman–Crippen LogP) is 1.79. The Balaban J connectivity index is 0.00000180. The number of aromatic nitrogens is 2. The fourth-order valence-electron chi connectivity index (χ4n) is 2.48. The summed E-state index contributed by atoms with van der Waals surface area (Å²) < 4.78 is 1.76. The van der Waals surface area contributed by atoms with Crippen molar-refractivity contribution in [2.45, 2.75) is 45.6 Å². The molecule has 2 rings (SSSR count). The van der Waals surface area contributed by atoms with Gasteiger partial charge in [-0.15, -0.1) is 12.4 Å². The largest absolute Gasteiger partial charge is 0.309 e. The van der Waals surface area contributed by atoms with Crippen molar-refractivity contribution in [2.75, 3.05) is 11.9 Å². The van der Waals surface area contributed by atoms with E-state index >= 15 is 0 Å². The van der Waals surface area contributed by atoms with Gasteiger partial charge in [-0.25, -0.2) is 0 Å². The minimum atomic E-state index is -0.0573. The number of carbonyl (C=O) groups excluding carboxylic acids is 1. The van der Waals surface area contributed by atoms with Gasteiger partial charge in [0, 0.05) is 12.6 Å². The van der Waals surface area contributed by atoms with Crippen molar-refractivity contribution < 1.29 is 4.79 Å². The standard InChI is InChI=1S/C13H22N4O.ClH/c1-4-10-9(2)12(17(3)16-10)15-13(18)11-7-5-6-8-14-11;/h11,14H,4-8H2,1-3H3,(H,15,18);1H/t11-;/m0./s1. The summed E-state index contributed by atoms with van der Waals surface area (Å²) in [5.41, 5.74) is 2.12. The maximum Gasteiger partial charge on any atom is 0.242 e. The average Bonchev–Trinajstić information content (AvgIpc) is 2.67. The lowest BCUT2D eigenvalue weighted by Crippen LogP contribution is -2.43. The lowest BCUT2D eigenvalue weighted by molar-refractivity contribution is -0.118. The van der Waals surface area contributed by atoms with Crippen molar-refractivity contribution in [1.29, 1.82) is 0 Å². The molecule has 2 heterocycles. The molecule has 0 bridgehead atoms. The SMILES string of the molecule is CCc1nn(C)c(NC(=O)[C@@H]2CCCCN2)c1C.Cl. The van der Waals surface area contributed by atoms with E-state index < -0.39 is 0 Å². The first-order valence-electron chi connectivity index (χ1n) is 6.70. The third-order valence-corrected chi connectivity index (χ3v) is 3.59. The molecule has 0 spiro atoms. The van der Waals surface area contributed by atoms with Crippen molar-refractivity contribution in [3.8, 4) is 0 Å². The fraction of sp³-hybridized carbons (Fsp3) is 0.692. The molecule has 0 saturated carbocycles. The van der Waals surface area contributed by atoms with Crippen LogP contribution in [0.25, 0.3) is 0 Å². The predicted molar refractivity (Wildman–Crippen MR) is 78.8 cm³/mol. The Labute approximate surface area is 120 Å². The van der Waals surface area contributed by atoms with Crippen molar-refractivity contribution in [3.63, 3.8) is 0 Å². The van der Waals surface area contributed by atoms with Crippen LogP contribution in [-0.2, 0) is 18.3 Å². The molecule has 6 heteroatoms. The van der Waals surface area contributed by atoms with Crippen LogP contribution >= 0.6 is 12.4 Å². The van der Waals surface area contributed by atoms with E-state index in [1.165, 1.54) is 0 Å². The summed E-state index contributed by atoms with van der Waals surface area (Å²) in [5, 5.41) is 10.7. The summed E-state index contributed by atoms with van der Waals surface area (Å²) in [5.74, 6) is 0.882. The van der Waals surface area contributed by atoms with Crippen LogP contribution in [0.5, 0.6) is 0 Å². The minimum absolute atomic E-state index is 0. The van der Waals surface area contributed by atoms with E-state index in [0.717, 1.165) is 49.3 Å². The fourth-order valence-corrected chi connectivity index (χ4v) is 2.48. The van der Waals surface area contributed by atoms with Gasteiger partial charge >= 0.3 is 0 Å². The average molecular weight is 287 g/mol. The lowest BCUT2D eigenvalue weighted by Gasteiger charge is -2.22. The van der Waals surface area contributed by atoms with Crippen molar-refractivity contribution in [2.24, 2.45) is 7.05 Å². The molecule has 1 aromatic heterocycles. The molecule has 0 aromatic carbocycles. The molecule has 1 atom stereocenters. The highest BCUT2D eigenvalue weighted by Gasteiger charge is 2.22. The van der Waals surface area contributed by atoms with Crippen LogP contribution in [0, 0.1) is 6.92 Å². The molecular formula is C13H23ClN4O. The number of aryl methyl sites for hydroxylation is 2. The lowest BCUT2D eigenvalue weighted by atomic mass is 10.0. The third-order valence-electron chi connectivity index (χ3n) is 3.59. The summed E-state index contributed by atoms with van der Waals surface area (Å²) in [6.07, 6.45) is 4.09. The van der Waals surface area contributed by atoms with Gasteiger partial charge in [-0.05, 0) is 32.7 Å². The number of piperidine rings is 1. The second kappa shape index (κ2) is 6.91. The monoisotopic (exact) mass is 286 g/mol. The second-order valence-electron chi connectivity index (χ2n) is 4.89. The Bertz CT molecular complexity index is 438. The maximum atomic E-state index is 12.2. The van der Waals surface area contributed by atoms with Crippen LogP contribution in [0.1, 0.15) is 37.4 Å². The van der Waals surface area contributed by atoms with Gasteiger partial charge < -0.3 is 10.6 Å². The summed E-state index contributed by atoms with van der Waals surface area (Å²) in [7, 11) is 1.87. The van der Waals surface area contributed by atoms with Gasteiger partial charge in [0.2, 0.25) is 5.91 Å². The highest BCUT2D eigenvalue weighted by atomic mass is 35.5. The first kappa shape index (κ1) is 16.0. The molecule has 0 aliphatic carbocycles. The summed E-state index contributed by atoms with van der Waals surface area (Å²) >= 11 is 0. The number of hydrogen-bond donors (Lipinski definition) is 2. The molecule has 1 aliphatic heterocycles. The molecule has 1 aromatic rings. The molecule has 1 aliphatic rings. The van der Waals surface area contributed by atoms with Crippen LogP contribution in [0.4, 0.5) is 5.82 Å². The Hall–Kier alpha value is -1.07. The highest BCUT2D eigenvalue weighted by Crippen LogP contribution is 2.19. The summed E-state index contributed by atoms with van der Waals surface area (Å²) in [4.78, 5) is 12.2. The number of anilines is 1. The molecule has 1 amide bonds. The van der Waals surface area contributed by atoms with E-state index in [1.807, 2.05) is 14.0 Å². The van der Waals surface area contributed by atoms with E-state index in [2.05, 4.69) is 22.7 Å². The first-order valence-corrected chi connectivity index (χ1v) is 6.70. The van der Waals surface area contributed by atoms with Crippen molar-refractivity contribution >= 4 is 24.1 Å². The maximum absolute atomic E-state index is 12.2. The Morgan fingerprint density at radius 2 is 2.26 bits per heavy atom. The second-order valence-corrected chi connectivity index (χ2v) is 4.89. The van der Waals surface area contributed by atoms with Gasteiger partial charge in [-0.3, -0.25) is 9.48 Å². The van der Waals surface area contributed by atoms with Gasteiger partial charge in [0.05, 0.1) is 11.7 Å². The van der Waals surface area contributed by atoms with Gasteiger partial charge in [-0.1, -0.05) is 13.3 Å². The van der Waals surface area contributed by atoms with Crippen LogP contribution in [0.3, 0.4) is 0 Å². The summed E-state index contributed by atoms with van der Waals surface area (Å²) in [6.45, 7) is 5.02. The number of rotatable bonds is 3. The van der Waals surface area contributed by atoms with E-state index in [-0.39, 0.29) is 24.4 Å². The number of nitrogens with zero attached hydrogens (tertiary/aromatic N) is 2. The molecule has 108 valence electrons. The zero-order valence-electron chi connectivity index (χ0n) is 11.8. The van der Waals surface area contributed by atoms with E-state index in [1.54, 1.807) is 4.68 Å². The molecule has 2 N–H and O–H groups in total. The zero-order chi connectivity index (χ0) is 13.1. The molecule has 0 unspecified atom stereocenters. The van der Waals surface area contributed by atoms with Crippen LogP contribution in [-0.4, -0.2) is 28.3 Å². The Kier molecular flexibility index (Phi) is 5.82. The normalized spacial score (nSPS) is 18.8. The summed E-state index contributed by atoms with van der Waals surface area (Å²) in [6, 6.07) is -0.0573. The van der Waals surface area contributed by atoms with Crippen molar-refractivity contribution in [1.82, 2.24) is 15.1 Å². The number of nitrogens with one attached hydrogen (secondary N) is 2. The van der Waals surface area contributed by atoms with Gasteiger partial charge in [0.25, 0.3) is 0 Å². The number of carbonyl (C=O) groups is 1. The molecule has 19 heavy (non-hydrogen) atoms. The van der Waals surface area contributed by atoms with Crippen molar-refractivity contribution in [3.05, 3.63) is 11.3 Å². The first-order chi connectivity index (χ1) is 8.63. The van der Waals surface area contributed by atoms with Crippen LogP contribution in [0.15, 0.2) is 0 Å².